The van der Waals surface area contributed by atoms with Crippen LogP contribution in [0.25, 0.3) is 27.5 Å². The lowest BCUT2D eigenvalue weighted by molar-refractivity contribution is 0.0735. The van der Waals surface area contributed by atoms with E-state index in [1.807, 2.05) is 0 Å². The highest BCUT2D eigenvalue weighted by Gasteiger charge is 2.45. The number of nitrogens with one attached hydrogen (secondary N) is 2. The number of rotatable bonds is 4. The largest absolute Gasteiger partial charge is 0.489 e. The van der Waals surface area contributed by atoms with Crippen LogP contribution < -0.4 is 20.1 Å². The Morgan fingerprint density at radius 3 is 2.46 bits per heavy atom. The van der Waals surface area contributed by atoms with E-state index in [0.717, 1.165) is 48.4 Å². The van der Waals surface area contributed by atoms with E-state index in [9.17, 15) is 0 Å². The fraction of sp³-hybridized carbons (Fsp3) is 0.261. The molecule has 52 heavy (non-hydrogen) atoms. The smallest absolute Gasteiger partial charge is 0.128 e. The van der Waals surface area contributed by atoms with Crippen LogP contribution >= 0.6 is 0 Å². The topological polar surface area (TPSA) is 50.7 Å². The van der Waals surface area contributed by atoms with Crippen molar-refractivity contribution in [3.8, 4) is 17.2 Å². The van der Waals surface area contributed by atoms with Gasteiger partial charge in [0.15, 0.2) is 0 Å². The summed E-state index contributed by atoms with van der Waals surface area (Å²) in [6.07, 6.45) is 22.7. The second kappa shape index (κ2) is 12.0. The van der Waals surface area contributed by atoms with Gasteiger partial charge in [0.2, 0.25) is 0 Å². The molecule has 7 atom stereocenters. The summed E-state index contributed by atoms with van der Waals surface area (Å²) < 4.78 is 15.8. The lowest BCUT2D eigenvalue weighted by Gasteiger charge is -2.48. The molecule has 1 fully saturated rings. The zero-order valence-electron chi connectivity index (χ0n) is 29.3. The molecule has 0 saturated carbocycles. The van der Waals surface area contributed by atoms with Crippen molar-refractivity contribution in [3.05, 3.63) is 161 Å². The zero-order chi connectivity index (χ0) is 34.3. The third-order valence-electron chi connectivity index (χ3n) is 12.2. The quantitative estimate of drug-likeness (QED) is 0.185. The molecule has 0 radical (unpaired) electrons. The molecular weight excluding hydrogens is 641 g/mol. The molecule has 6 aliphatic rings. The Bertz CT molecular complexity index is 2400. The van der Waals surface area contributed by atoms with Crippen LogP contribution in [-0.2, 0) is 0 Å². The van der Waals surface area contributed by atoms with Crippen LogP contribution in [0.1, 0.15) is 60.4 Å². The lowest BCUT2D eigenvalue weighted by atomic mass is 9.79. The SMILES string of the molecule is CN1C(C2=CCCC=C2)NC(c2ccccc2)NC1C1=CCCC2Oc3cc(-n4c5ccccc5c5cc6c(cc54)OC4C=CC=CC64)ccc3C12. The number of para-hydroxylation sites is 1. The molecule has 5 aromatic rings. The van der Waals surface area contributed by atoms with E-state index >= 15 is 0 Å². The lowest BCUT2D eigenvalue weighted by Crippen LogP contribution is -2.65. The van der Waals surface area contributed by atoms with Gasteiger partial charge in [-0.2, -0.15) is 0 Å². The first-order chi connectivity index (χ1) is 25.7. The van der Waals surface area contributed by atoms with Gasteiger partial charge in [0.1, 0.15) is 23.7 Å². The maximum absolute atomic E-state index is 6.94. The Labute approximate surface area is 304 Å². The number of benzene rings is 4. The van der Waals surface area contributed by atoms with Gasteiger partial charge < -0.3 is 14.0 Å². The first-order valence-corrected chi connectivity index (χ1v) is 18.9. The monoisotopic (exact) mass is 682 g/mol. The average Bonchev–Trinajstić information content (AvgIpc) is 3.86. The van der Waals surface area contributed by atoms with Crippen molar-refractivity contribution < 1.29 is 9.47 Å². The molecule has 7 unspecified atom stereocenters. The standard InChI is InChI=1S/C46H42N4O2/c1-49-45(29-15-6-3-7-16-29)47-44(28-13-4-2-5-14-28)48-46(49)34-19-12-22-40-43(34)33-24-23-30(25-41(33)52-40)50-37-20-10-8-17-31(37)35-26-36-32-18-9-11-21-39(32)51-42(36)27-38(35)50/h2,4-6,8-11,13-21,23-27,32,39-40,43-48H,3,7,12,22H2,1H3. The number of aromatic nitrogens is 1. The van der Waals surface area contributed by atoms with Gasteiger partial charge in [-0.25, -0.2) is 0 Å². The summed E-state index contributed by atoms with van der Waals surface area (Å²) in [6.45, 7) is 0. The normalized spacial score (nSPS) is 28.8. The highest BCUT2D eigenvalue weighted by molar-refractivity contribution is 6.10. The molecule has 3 aliphatic heterocycles. The number of allylic oxidation sites excluding steroid dienone is 5. The summed E-state index contributed by atoms with van der Waals surface area (Å²) in [5, 5.41) is 10.5. The van der Waals surface area contributed by atoms with Gasteiger partial charge in [0.25, 0.3) is 0 Å². The summed E-state index contributed by atoms with van der Waals surface area (Å²) in [5.74, 6) is 2.41. The number of ether oxygens (including phenoxy) is 2. The number of hydrogen-bond donors (Lipinski definition) is 2. The maximum atomic E-state index is 6.94. The number of nitrogens with zero attached hydrogens (tertiary/aromatic N) is 2. The van der Waals surface area contributed by atoms with Crippen molar-refractivity contribution in [3.63, 3.8) is 0 Å². The summed E-state index contributed by atoms with van der Waals surface area (Å²) in [5.41, 5.74) is 10.0. The summed E-state index contributed by atoms with van der Waals surface area (Å²) in [7, 11) is 2.26. The molecule has 0 amide bonds. The second-order valence-corrected chi connectivity index (χ2v) is 15.1. The van der Waals surface area contributed by atoms with Gasteiger partial charge >= 0.3 is 0 Å². The molecule has 2 N–H and O–H groups in total. The molecule has 4 aromatic carbocycles. The number of fused-ring (bicyclic) bond motifs is 9. The molecule has 6 nitrogen and oxygen atoms in total. The fourth-order valence-electron chi connectivity index (χ4n) is 9.76. The third-order valence-corrected chi connectivity index (χ3v) is 12.2. The molecule has 1 aromatic heterocycles. The average molecular weight is 683 g/mol. The predicted octanol–water partition coefficient (Wildman–Crippen LogP) is 9.07. The third kappa shape index (κ3) is 4.68. The van der Waals surface area contributed by atoms with E-state index in [1.54, 1.807) is 0 Å². The van der Waals surface area contributed by atoms with Gasteiger partial charge in [0.05, 0.1) is 29.5 Å². The molecule has 1 saturated heterocycles. The van der Waals surface area contributed by atoms with Crippen molar-refractivity contribution in [1.29, 1.82) is 0 Å². The molecule has 6 heteroatoms. The molecule has 258 valence electrons. The summed E-state index contributed by atoms with van der Waals surface area (Å²) in [4.78, 5) is 2.49. The van der Waals surface area contributed by atoms with Crippen molar-refractivity contribution in [2.75, 3.05) is 7.05 Å². The minimum absolute atomic E-state index is 0.0193. The second-order valence-electron chi connectivity index (χ2n) is 15.1. The molecule has 11 rings (SSSR count). The summed E-state index contributed by atoms with van der Waals surface area (Å²) in [6, 6.07) is 31.1. The van der Waals surface area contributed by atoms with Crippen molar-refractivity contribution in [1.82, 2.24) is 20.1 Å². The number of hydrogen-bond acceptors (Lipinski definition) is 5. The minimum atomic E-state index is 0.0193. The van der Waals surface area contributed by atoms with Crippen molar-refractivity contribution in [2.24, 2.45) is 0 Å². The summed E-state index contributed by atoms with van der Waals surface area (Å²) >= 11 is 0. The van der Waals surface area contributed by atoms with Gasteiger partial charge in [-0.15, -0.1) is 0 Å². The molecule has 3 aliphatic carbocycles. The van der Waals surface area contributed by atoms with Gasteiger partial charge in [-0.3, -0.25) is 15.5 Å². The van der Waals surface area contributed by atoms with Crippen LogP contribution in [0.4, 0.5) is 0 Å². The van der Waals surface area contributed by atoms with Crippen LogP contribution in [-0.4, -0.2) is 41.1 Å². The number of likely N-dealkylation sites (N-methyl/N-ethyl adjacent to an activating group) is 1. The van der Waals surface area contributed by atoms with E-state index in [0.29, 0.717) is 0 Å². The van der Waals surface area contributed by atoms with Crippen LogP contribution in [0.2, 0.25) is 0 Å². The Morgan fingerprint density at radius 2 is 1.56 bits per heavy atom. The van der Waals surface area contributed by atoms with E-state index in [4.69, 9.17) is 9.47 Å². The Morgan fingerprint density at radius 1 is 0.712 bits per heavy atom. The minimum Gasteiger partial charge on any atom is -0.489 e. The maximum Gasteiger partial charge on any atom is 0.128 e. The molecule has 0 bridgehead atoms. The first-order valence-electron chi connectivity index (χ1n) is 18.9. The van der Waals surface area contributed by atoms with Crippen LogP contribution in [0.15, 0.2) is 145 Å². The Hall–Kier alpha value is -5.14. The van der Waals surface area contributed by atoms with E-state index in [1.165, 1.54) is 44.1 Å². The first kappa shape index (κ1) is 30.5. The van der Waals surface area contributed by atoms with Gasteiger partial charge in [0, 0.05) is 51.6 Å². The van der Waals surface area contributed by atoms with Crippen molar-refractivity contribution >= 4 is 21.8 Å². The fourth-order valence-corrected chi connectivity index (χ4v) is 9.76. The Kier molecular flexibility index (Phi) is 7.01. The predicted molar refractivity (Wildman–Crippen MR) is 208 cm³/mol. The molecule has 0 spiro atoms. The van der Waals surface area contributed by atoms with Crippen LogP contribution in [0.3, 0.4) is 0 Å². The van der Waals surface area contributed by atoms with Crippen LogP contribution in [0.5, 0.6) is 11.5 Å². The molecular formula is C46H42N4O2. The van der Waals surface area contributed by atoms with E-state index in [-0.39, 0.29) is 42.5 Å². The van der Waals surface area contributed by atoms with Crippen molar-refractivity contribution in [2.45, 2.75) is 68.2 Å². The highest BCUT2D eigenvalue weighted by atomic mass is 16.5. The van der Waals surface area contributed by atoms with E-state index < -0.39 is 0 Å². The molecule has 4 heterocycles. The van der Waals surface area contributed by atoms with Gasteiger partial charge in [-0.1, -0.05) is 97.1 Å². The Balaban J connectivity index is 0.982. The van der Waals surface area contributed by atoms with Crippen LogP contribution in [0, 0.1) is 0 Å². The van der Waals surface area contributed by atoms with E-state index in [2.05, 4.69) is 161 Å². The zero-order valence-corrected chi connectivity index (χ0v) is 29.3. The highest BCUT2D eigenvalue weighted by Crippen LogP contribution is 2.50. The van der Waals surface area contributed by atoms with Gasteiger partial charge in [-0.05, 0) is 73.7 Å².